The highest BCUT2D eigenvalue weighted by molar-refractivity contribution is 7.99. The van der Waals surface area contributed by atoms with Crippen molar-refractivity contribution in [2.24, 2.45) is 0 Å². The van der Waals surface area contributed by atoms with Gasteiger partial charge in [0, 0.05) is 4.90 Å². The van der Waals surface area contributed by atoms with Crippen LogP contribution in [0, 0.1) is 0 Å². The van der Waals surface area contributed by atoms with Gasteiger partial charge in [-0.25, -0.2) is 0 Å². The van der Waals surface area contributed by atoms with Gasteiger partial charge in [0.25, 0.3) is 0 Å². The number of aliphatic hydroxyl groups is 1. The molecule has 5 rings (SSSR count). The van der Waals surface area contributed by atoms with Crippen LogP contribution in [0.1, 0.15) is 16.7 Å². The fraction of sp³-hybridized carbons (Fsp3) is 0.273. The minimum absolute atomic E-state index is 0.235. The second kappa shape index (κ2) is 14.4. The fourth-order valence-corrected chi connectivity index (χ4v) is 5.67. The highest BCUT2D eigenvalue weighted by atomic mass is 32.2. The smallest absolute Gasteiger partial charge is 0.137 e. The van der Waals surface area contributed by atoms with Crippen LogP contribution in [-0.2, 0) is 38.8 Å². The molecule has 2 unspecified atom stereocenters. The lowest BCUT2D eigenvalue weighted by molar-refractivity contribution is -0.240. The van der Waals surface area contributed by atoms with E-state index in [-0.39, 0.29) is 6.61 Å². The van der Waals surface area contributed by atoms with Crippen LogP contribution in [0.2, 0.25) is 0 Å². The maximum absolute atomic E-state index is 11.5. The van der Waals surface area contributed by atoms with Crippen LogP contribution in [0.25, 0.3) is 0 Å². The van der Waals surface area contributed by atoms with Crippen LogP contribution in [0.5, 0.6) is 0 Å². The Labute approximate surface area is 234 Å². The third-order valence-electron chi connectivity index (χ3n) is 6.58. The van der Waals surface area contributed by atoms with Gasteiger partial charge in [-0.1, -0.05) is 121 Å². The normalized spacial score (nSPS) is 22.9. The molecule has 0 saturated carbocycles. The van der Waals surface area contributed by atoms with Gasteiger partial charge in [-0.2, -0.15) is 0 Å². The average Bonchev–Trinajstić information content (AvgIpc) is 2.99. The van der Waals surface area contributed by atoms with Gasteiger partial charge in [0.1, 0.15) is 29.9 Å². The quantitative estimate of drug-likeness (QED) is 0.228. The number of hydrogen-bond donors (Lipinski definition) is 1. The van der Waals surface area contributed by atoms with Crippen LogP contribution in [0.3, 0.4) is 0 Å². The van der Waals surface area contributed by atoms with E-state index in [9.17, 15) is 5.11 Å². The van der Waals surface area contributed by atoms with Crippen molar-refractivity contribution in [1.29, 1.82) is 0 Å². The zero-order valence-electron chi connectivity index (χ0n) is 21.8. The molecule has 6 heteroatoms. The van der Waals surface area contributed by atoms with Crippen LogP contribution in [0.15, 0.2) is 126 Å². The maximum Gasteiger partial charge on any atom is 0.137 e. The Morgan fingerprint density at radius 3 is 1.59 bits per heavy atom. The topological polar surface area (TPSA) is 57.2 Å². The average molecular weight is 543 g/mol. The number of aliphatic hydroxyl groups excluding tert-OH is 1. The summed E-state index contributed by atoms with van der Waals surface area (Å²) in [6, 6.07) is 40.1. The van der Waals surface area contributed by atoms with Gasteiger partial charge < -0.3 is 24.1 Å². The molecule has 0 radical (unpaired) electrons. The van der Waals surface area contributed by atoms with Gasteiger partial charge in [-0.3, -0.25) is 0 Å². The van der Waals surface area contributed by atoms with E-state index in [1.165, 1.54) is 0 Å². The minimum atomic E-state index is -0.933. The van der Waals surface area contributed by atoms with Gasteiger partial charge >= 0.3 is 0 Å². The van der Waals surface area contributed by atoms with Crippen LogP contribution in [-0.4, -0.2) is 41.6 Å². The fourth-order valence-electron chi connectivity index (χ4n) is 4.52. The Morgan fingerprint density at radius 2 is 1.05 bits per heavy atom. The molecule has 202 valence electrons. The molecule has 1 aliphatic heterocycles. The summed E-state index contributed by atoms with van der Waals surface area (Å²) in [7, 11) is 0. The summed E-state index contributed by atoms with van der Waals surface area (Å²) >= 11 is 1.57. The Balaban J connectivity index is 1.36. The first kappa shape index (κ1) is 27.6. The van der Waals surface area contributed by atoms with Crippen molar-refractivity contribution in [2.75, 3.05) is 6.61 Å². The molecule has 4 aromatic carbocycles. The monoisotopic (exact) mass is 542 g/mol. The first-order valence-corrected chi connectivity index (χ1v) is 14.1. The van der Waals surface area contributed by atoms with Crippen LogP contribution >= 0.6 is 11.8 Å². The third kappa shape index (κ3) is 8.02. The van der Waals surface area contributed by atoms with Crippen molar-refractivity contribution in [3.8, 4) is 0 Å². The molecule has 1 aliphatic rings. The molecular weight excluding hydrogens is 508 g/mol. The van der Waals surface area contributed by atoms with Crippen molar-refractivity contribution < 1.29 is 24.1 Å². The first-order valence-electron chi connectivity index (χ1n) is 13.2. The van der Waals surface area contributed by atoms with E-state index in [1.54, 1.807) is 11.8 Å². The molecule has 39 heavy (non-hydrogen) atoms. The van der Waals surface area contributed by atoms with Gasteiger partial charge in [-0.15, -0.1) is 0 Å². The molecule has 4 aromatic rings. The molecule has 0 bridgehead atoms. The van der Waals surface area contributed by atoms with E-state index in [0.717, 1.165) is 21.6 Å². The van der Waals surface area contributed by atoms with Crippen molar-refractivity contribution >= 4 is 11.8 Å². The molecule has 5 nitrogen and oxygen atoms in total. The van der Waals surface area contributed by atoms with Gasteiger partial charge in [0.2, 0.25) is 0 Å². The summed E-state index contributed by atoms with van der Waals surface area (Å²) in [6.45, 7) is 1.41. The number of rotatable bonds is 12. The Morgan fingerprint density at radius 1 is 0.590 bits per heavy atom. The standard InChI is InChI=1S/C33H34O5S/c34-30-29(24-35-21-25-13-5-1-6-14-25)38-33(39-28-19-11-4-12-20-28)32(37-23-27-17-9-3-10-18-27)31(30)36-22-26-15-7-2-8-16-26/h1-20,29-34H,21-24H2/t29?,30-,31-,32?,33+/m1/s1. The molecule has 1 saturated heterocycles. The van der Waals surface area contributed by atoms with Gasteiger partial charge in [0.05, 0.1) is 26.4 Å². The van der Waals surface area contributed by atoms with Gasteiger partial charge in [0.15, 0.2) is 0 Å². The molecule has 0 aromatic heterocycles. The number of thioether (sulfide) groups is 1. The van der Waals surface area contributed by atoms with Crippen molar-refractivity contribution in [1.82, 2.24) is 0 Å². The molecule has 5 atom stereocenters. The summed E-state index contributed by atoms with van der Waals surface area (Å²) in [4.78, 5) is 1.05. The number of hydrogen-bond acceptors (Lipinski definition) is 6. The van der Waals surface area contributed by atoms with E-state index < -0.39 is 29.9 Å². The molecular formula is C33H34O5S. The number of benzene rings is 4. The van der Waals surface area contributed by atoms with Crippen LogP contribution < -0.4 is 0 Å². The van der Waals surface area contributed by atoms with E-state index in [1.807, 2.05) is 121 Å². The zero-order chi connectivity index (χ0) is 26.7. The maximum atomic E-state index is 11.5. The van der Waals surface area contributed by atoms with E-state index >= 15 is 0 Å². The lowest BCUT2D eigenvalue weighted by atomic mass is 9.99. The Bertz CT molecular complexity index is 1230. The summed E-state index contributed by atoms with van der Waals surface area (Å²) in [5, 5.41) is 11.5. The molecule has 0 amide bonds. The highest BCUT2D eigenvalue weighted by Gasteiger charge is 2.47. The lowest BCUT2D eigenvalue weighted by Gasteiger charge is -2.44. The van der Waals surface area contributed by atoms with E-state index in [4.69, 9.17) is 18.9 Å². The second-order valence-corrected chi connectivity index (χ2v) is 10.7. The molecule has 1 heterocycles. The predicted octanol–water partition coefficient (Wildman–Crippen LogP) is 6.25. The first-order chi connectivity index (χ1) is 19.3. The zero-order valence-corrected chi connectivity index (χ0v) is 22.6. The summed E-state index contributed by atoms with van der Waals surface area (Å²) in [6.07, 6.45) is -2.64. The third-order valence-corrected chi connectivity index (χ3v) is 7.73. The summed E-state index contributed by atoms with van der Waals surface area (Å²) in [5.74, 6) is 0. The van der Waals surface area contributed by atoms with Gasteiger partial charge in [-0.05, 0) is 28.8 Å². The SMILES string of the molecule is O[C@@H]1C(COCc2ccccc2)O[C@@H](Sc2ccccc2)C(OCc2ccccc2)[C@@H]1OCc1ccccc1. The largest absolute Gasteiger partial charge is 0.387 e. The lowest BCUT2D eigenvalue weighted by Crippen LogP contribution is -2.59. The Kier molecular flexibility index (Phi) is 10.2. The summed E-state index contributed by atoms with van der Waals surface area (Å²) < 4.78 is 25.4. The summed E-state index contributed by atoms with van der Waals surface area (Å²) in [5.41, 5.74) is 2.73. The molecule has 0 spiro atoms. The van der Waals surface area contributed by atoms with E-state index in [0.29, 0.717) is 19.8 Å². The molecule has 1 N–H and O–H groups in total. The predicted molar refractivity (Wildman–Crippen MR) is 153 cm³/mol. The van der Waals surface area contributed by atoms with Crippen molar-refractivity contribution in [2.45, 2.75) is 54.6 Å². The number of ether oxygens (including phenoxy) is 4. The Hall–Kier alpha value is -2.97. The van der Waals surface area contributed by atoms with Crippen LogP contribution in [0.4, 0.5) is 0 Å². The van der Waals surface area contributed by atoms with Crippen molar-refractivity contribution in [3.63, 3.8) is 0 Å². The van der Waals surface area contributed by atoms with Crippen molar-refractivity contribution in [3.05, 3.63) is 138 Å². The highest BCUT2D eigenvalue weighted by Crippen LogP contribution is 2.37. The molecule has 0 aliphatic carbocycles. The second-order valence-electron chi connectivity index (χ2n) is 9.49. The minimum Gasteiger partial charge on any atom is -0.387 e. The molecule has 1 fully saturated rings. The van der Waals surface area contributed by atoms with E-state index in [2.05, 4.69) is 0 Å².